The SMILES string of the molecule is COc1ccccc1NS(=O)(=O)c1ccc(C(=O)N2CCCC2CCc2ccccc2)cc1. The normalized spacial score (nSPS) is 15.9. The number of carbonyl (C=O) groups excluding carboxylic acids is 1. The van der Waals surface area contributed by atoms with Gasteiger partial charge in [0.1, 0.15) is 5.75 Å². The van der Waals surface area contributed by atoms with Crippen LogP contribution in [0.2, 0.25) is 0 Å². The summed E-state index contributed by atoms with van der Waals surface area (Å²) in [5, 5.41) is 0. The van der Waals surface area contributed by atoms with Gasteiger partial charge in [0, 0.05) is 18.2 Å². The molecule has 1 aliphatic heterocycles. The van der Waals surface area contributed by atoms with Crippen molar-refractivity contribution in [1.82, 2.24) is 4.90 Å². The number of hydrogen-bond acceptors (Lipinski definition) is 4. The molecule has 33 heavy (non-hydrogen) atoms. The minimum Gasteiger partial charge on any atom is -0.495 e. The fourth-order valence-electron chi connectivity index (χ4n) is 4.26. The maximum Gasteiger partial charge on any atom is 0.262 e. The molecule has 6 nitrogen and oxygen atoms in total. The Morgan fingerprint density at radius 2 is 1.70 bits per heavy atom. The van der Waals surface area contributed by atoms with Gasteiger partial charge in [0.15, 0.2) is 0 Å². The summed E-state index contributed by atoms with van der Waals surface area (Å²) >= 11 is 0. The second kappa shape index (κ2) is 10.1. The first-order valence-corrected chi connectivity index (χ1v) is 12.6. The van der Waals surface area contributed by atoms with E-state index in [9.17, 15) is 13.2 Å². The largest absolute Gasteiger partial charge is 0.495 e. The first-order valence-electron chi connectivity index (χ1n) is 11.1. The van der Waals surface area contributed by atoms with Gasteiger partial charge in [-0.1, -0.05) is 42.5 Å². The third-order valence-corrected chi connectivity index (χ3v) is 7.39. The van der Waals surface area contributed by atoms with Crippen molar-refractivity contribution < 1.29 is 17.9 Å². The fourth-order valence-corrected chi connectivity index (χ4v) is 5.33. The number of methoxy groups -OCH3 is 1. The molecule has 1 heterocycles. The molecule has 0 saturated carbocycles. The molecule has 0 spiro atoms. The van der Waals surface area contributed by atoms with E-state index in [1.165, 1.54) is 24.8 Å². The fraction of sp³-hybridized carbons (Fsp3) is 0.269. The Hall–Kier alpha value is -3.32. The molecule has 3 aromatic carbocycles. The molecule has 1 unspecified atom stereocenters. The van der Waals surface area contributed by atoms with Crippen molar-refractivity contribution in [3.8, 4) is 5.75 Å². The average molecular weight is 465 g/mol. The predicted molar refractivity (Wildman–Crippen MR) is 129 cm³/mol. The first-order chi connectivity index (χ1) is 16.0. The van der Waals surface area contributed by atoms with Gasteiger partial charge in [-0.15, -0.1) is 0 Å². The van der Waals surface area contributed by atoms with E-state index in [2.05, 4.69) is 16.9 Å². The molecule has 3 aromatic rings. The van der Waals surface area contributed by atoms with Crippen molar-refractivity contribution >= 4 is 21.6 Å². The lowest BCUT2D eigenvalue weighted by Crippen LogP contribution is -2.35. The van der Waals surface area contributed by atoms with E-state index in [1.807, 2.05) is 23.1 Å². The third-order valence-electron chi connectivity index (χ3n) is 6.01. The number of carbonyl (C=O) groups is 1. The van der Waals surface area contributed by atoms with Crippen LogP contribution in [-0.4, -0.2) is 38.9 Å². The maximum atomic E-state index is 13.1. The zero-order chi connectivity index (χ0) is 23.3. The summed E-state index contributed by atoms with van der Waals surface area (Å²) in [6.07, 6.45) is 3.83. The van der Waals surface area contributed by atoms with E-state index in [-0.39, 0.29) is 16.8 Å². The van der Waals surface area contributed by atoms with Gasteiger partial charge in [-0.3, -0.25) is 9.52 Å². The molecular weight excluding hydrogens is 436 g/mol. The summed E-state index contributed by atoms with van der Waals surface area (Å²) in [7, 11) is -2.33. The van der Waals surface area contributed by atoms with Crippen molar-refractivity contribution in [2.24, 2.45) is 0 Å². The van der Waals surface area contributed by atoms with Gasteiger partial charge >= 0.3 is 0 Å². The number of sulfonamides is 1. The van der Waals surface area contributed by atoms with Gasteiger partial charge in [0.25, 0.3) is 15.9 Å². The number of hydrogen-bond donors (Lipinski definition) is 1. The van der Waals surface area contributed by atoms with Gasteiger partial charge < -0.3 is 9.64 Å². The number of nitrogens with zero attached hydrogens (tertiary/aromatic N) is 1. The van der Waals surface area contributed by atoms with Gasteiger partial charge in [0.2, 0.25) is 0 Å². The zero-order valence-electron chi connectivity index (χ0n) is 18.6. The Bertz CT molecular complexity index is 1190. The maximum absolute atomic E-state index is 13.1. The van der Waals surface area contributed by atoms with Crippen molar-refractivity contribution in [1.29, 1.82) is 0 Å². The van der Waals surface area contributed by atoms with E-state index in [0.717, 1.165) is 32.2 Å². The lowest BCUT2D eigenvalue weighted by atomic mass is 10.0. The van der Waals surface area contributed by atoms with Crippen molar-refractivity contribution in [2.45, 2.75) is 36.6 Å². The van der Waals surface area contributed by atoms with Gasteiger partial charge in [-0.05, 0) is 67.6 Å². The molecule has 1 N–H and O–H groups in total. The second-order valence-corrected chi connectivity index (χ2v) is 9.83. The van der Waals surface area contributed by atoms with Crippen LogP contribution in [-0.2, 0) is 16.4 Å². The Kier molecular flexibility index (Phi) is 6.99. The van der Waals surface area contributed by atoms with Crippen LogP contribution < -0.4 is 9.46 Å². The van der Waals surface area contributed by atoms with E-state index < -0.39 is 10.0 Å². The monoisotopic (exact) mass is 464 g/mol. The number of para-hydroxylation sites is 2. The molecule has 1 fully saturated rings. The van der Waals surface area contributed by atoms with Gasteiger partial charge in [-0.2, -0.15) is 0 Å². The van der Waals surface area contributed by atoms with Crippen molar-refractivity contribution in [3.63, 3.8) is 0 Å². The molecule has 4 rings (SSSR count). The van der Waals surface area contributed by atoms with E-state index >= 15 is 0 Å². The molecule has 172 valence electrons. The zero-order valence-corrected chi connectivity index (χ0v) is 19.4. The summed E-state index contributed by atoms with van der Waals surface area (Å²) in [6.45, 7) is 0.730. The van der Waals surface area contributed by atoms with Crippen LogP contribution in [0.25, 0.3) is 0 Å². The third kappa shape index (κ3) is 5.37. The van der Waals surface area contributed by atoms with Crippen molar-refractivity contribution in [2.75, 3.05) is 18.4 Å². The molecule has 0 radical (unpaired) electrons. The number of likely N-dealkylation sites (tertiary alicyclic amines) is 1. The van der Waals surface area contributed by atoms with Crippen LogP contribution in [0.1, 0.15) is 35.2 Å². The number of anilines is 1. The summed E-state index contributed by atoms with van der Waals surface area (Å²) < 4.78 is 33.4. The minimum absolute atomic E-state index is 0.0489. The lowest BCUT2D eigenvalue weighted by Gasteiger charge is -2.25. The molecule has 1 amide bonds. The summed E-state index contributed by atoms with van der Waals surface area (Å²) in [5.74, 6) is 0.385. The average Bonchev–Trinajstić information content (AvgIpc) is 3.32. The highest BCUT2D eigenvalue weighted by atomic mass is 32.2. The topological polar surface area (TPSA) is 75.7 Å². The van der Waals surface area contributed by atoms with Gasteiger partial charge in [-0.25, -0.2) is 8.42 Å². The summed E-state index contributed by atoms with van der Waals surface area (Å²) in [5.41, 5.74) is 2.13. The Labute approximate surface area is 195 Å². The molecule has 0 bridgehead atoms. The van der Waals surface area contributed by atoms with Crippen LogP contribution >= 0.6 is 0 Å². The molecule has 1 aliphatic rings. The van der Waals surface area contributed by atoms with Crippen LogP contribution in [0.3, 0.4) is 0 Å². The number of ether oxygens (including phenoxy) is 1. The Morgan fingerprint density at radius 1 is 1.00 bits per heavy atom. The van der Waals surface area contributed by atoms with Crippen LogP contribution in [0.15, 0.2) is 83.8 Å². The molecule has 0 aliphatic carbocycles. The highest BCUT2D eigenvalue weighted by molar-refractivity contribution is 7.92. The Morgan fingerprint density at radius 3 is 2.42 bits per heavy atom. The Balaban J connectivity index is 1.44. The summed E-state index contributed by atoms with van der Waals surface area (Å²) in [6, 6.07) is 23.4. The molecular formula is C26H28N2O4S. The number of amides is 1. The number of benzene rings is 3. The van der Waals surface area contributed by atoms with Crippen molar-refractivity contribution in [3.05, 3.63) is 90.0 Å². The number of aryl methyl sites for hydroxylation is 1. The smallest absolute Gasteiger partial charge is 0.262 e. The standard InChI is InChI=1S/C26H28N2O4S/c1-32-25-12-6-5-11-24(25)27-33(30,31)23-17-14-21(15-18-23)26(29)28-19-7-10-22(28)16-13-20-8-3-2-4-9-20/h2-6,8-9,11-12,14-15,17-18,22,27H,7,10,13,16,19H2,1H3. The highest BCUT2D eigenvalue weighted by Crippen LogP contribution is 2.27. The van der Waals surface area contributed by atoms with Crippen LogP contribution in [0, 0.1) is 0 Å². The van der Waals surface area contributed by atoms with Crippen LogP contribution in [0.5, 0.6) is 5.75 Å². The second-order valence-electron chi connectivity index (χ2n) is 8.15. The molecule has 1 saturated heterocycles. The van der Waals surface area contributed by atoms with E-state index in [4.69, 9.17) is 4.74 Å². The quantitative estimate of drug-likeness (QED) is 0.523. The number of rotatable bonds is 8. The predicted octanol–water partition coefficient (Wildman–Crippen LogP) is 4.73. The summed E-state index contributed by atoms with van der Waals surface area (Å²) in [4.78, 5) is 15.2. The van der Waals surface area contributed by atoms with E-state index in [0.29, 0.717) is 17.0 Å². The first kappa shape index (κ1) is 22.9. The van der Waals surface area contributed by atoms with Crippen LogP contribution in [0.4, 0.5) is 5.69 Å². The molecule has 1 atom stereocenters. The molecule has 7 heteroatoms. The minimum atomic E-state index is -3.81. The van der Waals surface area contributed by atoms with E-state index in [1.54, 1.807) is 36.4 Å². The van der Waals surface area contributed by atoms with Gasteiger partial charge in [0.05, 0.1) is 17.7 Å². The molecule has 0 aromatic heterocycles. The highest BCUT2D eigenvalue weighted by Gasteiger charge is 2.29. The lowest BCUT2D eigenvalue weighted by molar-refractivity contribution is 0.0730. The number of nitrogens with one attached hydrogen (secondary N) is 1.